The van der Waals surface area contributed by atoms with Gasteiger partial charge < -0.3 is 9.26 Å². The molecule has 0 unspecified atom stereocenters. The molecule has 1 heterocycles. The van der Waals surface area contributed by atoms with Crippen LogP contribution >= 0.6 is 11.6 Å². The summed E-state index contributed by atoms with van der Waals surface area (Å²) in [6.45, 7) is 3.81. The Hall–Kier alpha value is -1.81. The number of carbonyl (C=O) groups is 1. The molecule has 0 atom stereocenters. The molecule has 0 saturated carbocycles. The molecule has 1 aromatic carbocycles. The number of benzene rings is 1. The van der Waals surface area contributed by atoms with Crippen LogP contribution in [0, 0.1) is 6.92 Å². The fraction of sp³-hybridized carbons (Fsp3) is 0.286. The predicted molar refractivity (Wildman–Crippen MR) is 72.4 cm³/mol. The highest BCUT2D eigenvalue weighted by atomic mass is 35.5. The first-order valence-corrected chi connectivity index (χ1v) is 6.29. The summed E-state index contributed by atoms with van der Waals surface area (Å²) >= 11 is 5.95. The monoisotopic (exact) mass is 279 g/mol. The largest absolute Gasteiger partial charge is 0.465 e. The molecule has 0 amide bonds. The number of methoxy groups -OCH3 is 1. The van der Waals surface area contributed by atoms with Gasteiger partial charge in [0, 0.05) is 22.6 Å². The maximum Gasteiger partial charge on any atom is 0.338 e. The Kier molecular flexibility index (Phi) is 3.90. The number of rotatable bonds is 3. The van der Waals surface area contributed by atoms with Crippen molar-refractivity contribution in [2.75, 3.05) is 7.11 Å². The molecule has 1 aromatic heterocycles. The number of hydrogen-bond acceptors (Lipinski definition) is 4. The van der Waals surface area contributed by atoms with Crippen LogP contribution in [-0.4, -0.2) is 18.2 Å². The van der Waals surface area contributed by atoms with Crippen LogP contribution < -0.4 is 0 Å². The lowest BCUT2D eigenvalue weighted by molar-refractivity contribution is 0.0601. The van der Waals surface area contributed by atoms with Crippen molar-refractivity contribution in [3.05, 3.63) is 40.2 Å². The minimum atomic E-state index is -0.430. The summed E-state index contributed by atoms with van der Waals surface area (Å²) in [6, 6.07) is 5.11. The second-order valence-corrected chi connectivity index (χ2v) is 4.54. The molecule has 0 saturated heterocycles. The molecule has 0 spiro atoms. The molecule has 0 radical (unpaired) electrons. The SMILES string of the molecule is CCc1onc(C)c1-c1ccc(Cl)cc1C(=O)OC. The van der Waals surface area contributed by atoms with Crippen molar-refractivity contribution < 1.29 is 14.1 Å². The summed E-state index contributed by atoms with van der Waals surface area (Å²) in [7, 11) is 1.34. The topological polar surface area (TPSA) is 52.3 Å². The fourth-order valence-electron chi connectivity index (χ4n) is 2.02. The molecular formula is C14H14ClNO3. The lowest BCUT2D eigenvalue weighted by Gasteiger charge is -2.08. The van der Waals surface area contributed by atoms with E-state index in [0.717, 1.165) is 22.6 Å². The van der Waals surface area contributed by atoms with Crippen LogP contribution in [0.5, 0.6) is 0 Å². The van der Waals surface area contributed by atoms with Crippen LogP contribution in [0.25, 0.3) is 11.1 Å². The van der Waals surface area contributed by atoms with E-state index in [9.17, 15) is 4.79 Å². The van der Waals surface area contributed by atoms with Gasteiger partial charge in [-0.15, -0.1) is 0 Å². The van der Waals surface area contributed by atoms with Gasteiger partial charge in [-0.1, -0.05) is 29.7 Å². The van der Waals surface area contributed by atoms with Crippen molar-refractivity contribution in [1.82, 2.24) is 5.16 Å². The average Bonchev–Trinajstić information content (AvgIpc) is 2.79. The van der Waals surface area contributed by atoms with Crippen LogP contribution in [0.15, 0.2) is 22.7 Å². The zero-order valence-electron chi connectivity index (χ0n) is 11.0. The van der Waals surface area contributed by atoms with Gasteiger partial charge in [-0.2, -0.15) is 0 Å². The predicted octanol–water partition coefficient (Wildman–Crippen LogP) is 3.65. The molecule has 2 rings (SSSR count). The van der Waals surface area contributed by atoms with Gasteiger partial charge in [0.2, 0.25) is 0 Å². The summed E-state index contributed by atoms with van der Waals surface area (Å²) in [4.78, 5) is 11.9. The third-order valence-electron chi connectivity index (χ3n) is 2.91. The van der Waals surface area contributed by atoms with E-state index in [-0.39, 0.29) is 0 Å². The Morgan fingerprint density at radius 1 is 1.47 bits per heavy atom. The second-order valence-electron chi connectivity index (χ2n) is 4.10. The van der Waals surface area contributed by atoms with Crippen molar-refractivity contribution in [3.8, 4) is 11.1 Å². The van der Waals surface area contributed by atoms with Crippen molar-refractivity contribution in [1.29, 1.82) is 0 Å². The van der Waals surface area contributed by atoms with Crippen LogP contribution in [-0.2, 0) is 11.2 Å². The Morgan fingerprint density at radius 3 is 2.84 bits per heavy atom. The maximum absolute atomic E-state index is 11.9. The van der Waals surface area contributed by atoms with Gasteiger partial charge in [0.1, 0.15) is 5.76 Å². The Labute approximate surface area is 116 Å². The quantitative estimate of drug-likeness (QED) is 0.805. The molecule has 100 valence electrons. The molecule has 4 nitrogen and oxygen atoms in total. The van der Waals surface area contributed by atoms with Gasteiger partial charge in [0.05, 0.1) is 18.4 Å². The van der Waals surface area contributed by atoms with Gasteiger partial charge in [0.15, 0.2) is 0 Å². The zero-order chi connectivity index (χ0) is 14.0. The van der Waals surface area contributed by atoms with E-state index in [0.29, 0.717) is 17.0 Å². The summed E-state index contributed by atoms with van der Waals surface area (Å²) in [6.07, 6.45) is 0.694. The molecule has 0 aliphatic heterocycles. The van der Waals surface area contributed by atoms with Gasteiger partial charge in [-0.3, -0.25) is 0 Å². The van der Waals surface area contributed by atoms with Crippen molar-refractivity contribution in [3.63, 3.8) is 0 Å². The highest BCUT2D eigenvalue weighted by molar-refractivity contribution is 6.31. The molecule has 5 heteroatoms. The first-order valence-electron chi connectivity index (χ1n) is 5.91. The normalized spacial score (nSPS) is 10.5. The number of aromatic nitrogens is 1. The number of halogens is 1. The van der Waals surface area contributed by atoms with Gasteiger partial charge in [0.25, 0.3) is 0 Å². The molecule has 0 N–H and O–H groups in total. The Morgan fingerprint density at radius 2 is 2.21 bits per heavy atom. The van der Waals surface area contributed by atoms with Gasteiger partial charge >= 0.3 is 5.97 Å². The Bertz CT molecular complexity index is 619. The van der Waals surface area contributed by atoms with E-state index in [4.69, 9.17) is 20.9 Å². The minimum Gasteiger partial charge on any atom is -0.465 e. The molecule has 2 aromatic rings. The van der Waals surface area contributed by atoms with Crippen molar-refractivity contribution in [2.24, 2.45) is 0 Å². The molecule has 19 heavy (non-hydrogen) atoms. The highest BCUT2D eigenvalue weighted by Gasteiger charge is 2.20. The average molecular weight is 280 g/mol. The van der Waals surface area contributed by atoms with E-state index in [1.165, 1.54) is 7.11 Å². The van der Waals surface area contributed by atoms with Crippen LogP contribution in [0.1, 0.15) is 28.7 Å². The van der Waals surface area contributed by atoms with E-state index < -0.39 is 5.97 Å². The third-order valence-corrected chi connectivity index (χ3v) is 3.15. The number of carbonyl (C=O) groups excluding carboxylic acids is 1. The summed E-state index contributed by atoms with van der Waals surface area (Å²) < 4.78 is 10.1. The number of ether oxygens (including phenoxy) is 1. The first-order chi connectivity index (χ1) is 9.08. The highest BCUT2D eigenvalue weighted by Crippen LogP contribution is 2.32. The number of hydrogen-bond donors (Lipinski definition) is 0. The number of esters is 1. The second kappa shape index (κ2) is 5.45. The molecule has 0 aliphatic carbocycles. The van der Waals surface area contributed by atoms with Gasteiger partial charge in [-0.25, -0.2) is 4.79 Å². The van der Waals surface area contributed by atoms with E-state index >= 15 is 0 Å². The van der Waals surface area contributed by atoms with Crippen LogP contribution in [0.4, 0.5) is 0 Å². The van der Waals surface area contributed by atoms with E-state index in [2.05, 4.69) is 5.16 Å². The van der Waals surface area contributed by atoms with Gasteiger partial charge in [-0.05, 0) is 19.1 Å². The number of aryl methyl sites for hydroxylation is 2. The third kappa shape index (κ3) is 2.49. The lowest BCUT2D eigenvalue weighted by Crippen LogP contribution is -2.04. The van der Waals surface area contributed by atoms with E-state index in [1.807, 2.05) is 13.8 Å². The van der Waals surface area contributed by atoms with Crippen molar-refractivity contribution >= 4 is 17.6 Å². The van der Waals surface area contributed by atoms with Crippen LogP contribution in [0.3, 0.4) is 0 Å². The lowest BCUT2D eigenvalue weighted by atomic mass is 9.97. The van der Waals surface area contributed by atoms with E-state index in [1.54, 1.807) is 18.2 Å². The maximum atomic E-state index is 11.9. The molecule has 0 bridgehead atoms. The number of nitrogens with zero attached hydrogens (tertiary/aromatic N) is 1. The smallest absolute Gasteiger partial charge is 0.338 e. The zero-order valence-corrected chi connectivity index (χ0v) is 11.7. The fourth-order valence-corrected chi connectivity index (χ4v) is 2.19. The molecular weight excluding hydrogens is 266 g/mol. The summed E-state index contributed by atoms with van der Waals surface area (Å²) in [5.41, 5.74) is 2.71. The minimum absolute atomic E-state index is 0.413. The Balaban J connectivity index is 2.68. The summed E-state index contributed by atoms with van der Waals surface area (Å²) in [5, 5.41) is 4.44. The summed E-state index contributed by atoms with van der Waals surface area (Å²) in [5.74, 6) is 0.310. The standard InChI is InChI=1S/C14H14ClNO3/c1-4-12-13(8(2)16-19-12)10-6-5-9(15)7-11(10)14(17)18-3/h5-7H,4H2,1-3H3. The van der Waals surface area contributed by atoms with Crippen molar-refractivity contribution in [2.45, 2.75) is 20.3 Å². The molecule has 0 aliphatic rings. The first kappa shape index (κ1) is 13.6. The molecule has 0 fully saturated rings. The van der Waals surface area contributed by atoms with Crippen LogP contribution in [0.2, 0.25) is 5.02 Å².